The van der Waals surface area contributed by atoms with Gasteiger partial charge >= 0.3 is 0 Å². The van der Waals surface area contributed by atoms with E-state index in [1.54, 1.807) is 0 Å². The maximum atomic E-state index is 6.93. The van der Waals surface area contributed by atoms with Crippen molar-refractivity contribution in [2.75, 3.05) is 0 Å². The Morgan fingerprint density at radius 3 is 1.00 bits per heavy atom. The molecule has 0 aliphatic rings. The molecule has 19 heavy (non-hydrogen) atoms. The summed E-state index contributed by atoms with van der Waals surface area (Å²) >= 11 is 13.9. The molecular formula is C15H34Cl2Si2. The van der Waals surface area contributed by atoms with E-state index in [1.807, 2.05) is 0 Å². The van der Waals surface area contributed by atoms with Crippen molar-refractivity contribution in [3.05, 3.63) is 0 Å². The van der Waals surface area contributed by atoms with Crippen LogP contribution in [0.15, 0.2) is 0 Å². The molecule has 0 fully saturated rings. The zero-order valence-electron chi connectivity index (χ0n) is 13.5. The van der Waals surface area contributed by atoms with Crippen molar-refractivity contribution < 1.29 is 0 Å². The predicted molar refractivity (Wildman–Crippen MR) is 97.8 cm³/mol. The fourth-order valence-electron chi connectivity index (χ4n) is 3.26. The van der Waals surface area contributed by atoms with E-state index in [0.717, 1.165) is 0 Å². The Morgan fingerprint density at radius 1 is 0.526 bits per heavy atom. The quantitative estimate of drug-likeness (QED) is 0.256. The molecule has 0 aliphatic heterocycles. The highest BCUT2D eigenvalue weighted by atomic mass is 35.6. The van der Waals surface area contributed by atoms with Gasteiger partial charge in [-0.05, 0) is 36.3 Å². The van der Waals surface area contributed by atoms with Crippen molar-refractivity contribution in [2.45, 2.75) is 96.1 Å². The molecular weight excluding hydrogens is 307 g/mol. The van der Waals surface area contributed by atoms with Gasteiger partial charge in [0.25, 0.3) is 0 Å². The van der Waals surface area contributed by atoms with E-state index in [-0.39, 0.29) is 0 Å². The van der Waals surface area contributed by atoms with Gasteiger partial charge in [0.15, 0.2) is 14.8 Å². The van der Waals surface area contributed by atoms with E-state index < -0.39 is 14.8 Å². The van der Waals surface area contributed by atoms with Crippen LogP contribution in [0.2, 0.25) is 36.3 Å². The van der Waals surface area contributed by atoms with Crippen LogP contribution in [0.25, 0.3) is 0 Å². The minimum Gasteiger partial charge on any atom is -0.167 e. The number of hydrogen-bond acceptors (Lipinski definition) is 0. The first kappa shape index (κ1) is 20.0. The van der Waals surface area contributed by atoms with Crippen LogP contribution in [0, 0.1) is 0 Å². The van der Waals surface area contributed by atoms with E-state index in [1.165, 1.54) is 68.4 Å². The smallest absolute Gasteiger partial charge is 0.156 e. The van der Waals surface area contributed by atoms with E-state index in [2.05, 4.69) is 27.7 Å². The number of hydrogen-bond donors (Lipinski definition) is 0. The van der Waals surface area contributed by atoms with Crippen LogP contribution in [0.4, 0.5) is 0 Å². The van der Waals surface area contributed by atoms with E-state index in [4.69, 9.17) is 22.2 Å². The molecule has 0 radical (unpaired) electrons. The third kappa shape index (κ3) is 8.80. The first-order valence-electron chi connectivity index (χ1n) is 8.33. The van der Waals surface area contributed by atoms with Gasteiger partial charge in [0.2, 0.25) is 0 Å². The number of rotatable bonds is 12. The first-order chi connectivity index (χ1) is 8.95. The molecule has 0 nitrogen and oxygen atoms in total. The lowest BCUT2D eigenvalue weighted by molar-refractivity contribution is 0.915. The summed E-state index contributed by atoms with van der Waals surface area (Å²) in [5.41, 5.74) is 0. The highest BCUT2D eigenvalue weighted by Crippen LogP contribution is 2.35. The maximum absolute atomic E-state index is 6.93. The van der Waals surface area contributed by atoms with Crippen LogP contribution in [0.1, 0.15) is 59.8 Å². The highest BCUT2D eigenvalue weighted by molar-refractivity contribution is 7.21. The largest absolute Gasteiger partial charge is 0.167 e. The lowest BCUT2D eigenvalue weighted by Gasteiger charge is -2.27. The van der Waals surface area contributed by atoms with E-state index >= 15 is 0 Å². The van der Waals surface area contributed by atoms with Gasteiger partial charge in [-0.1, -0.05) is 59.8 Å². The average Bonchev–Trinajstić information content (AvgIpc) is 2.29. The maximum Gasteiger partial charge on any atom is 0.156 e. The van der Waals surface area contributed by atoms with Gasteiger partial charge in [0.1, 0.15) is 0 Å². The van der Waals surface area contributed by atoms with Gasteiger partial charge in [-0.3, -0.25) is 0 Å². The zero-order valence-corrected chi connectivity index (χ0v) is 17.0. The molecule has 0 rings (SSSR count). The third-order valence-corrected chi connectivity index (χ3v) is 15.5. The Bertz CT molecular complexity index is 188. The molecule has 0 aromatic rings. The molecule has 0 saturated carbocycles. The van der Waals surface area contributed by atoms with Crippen LogP contribution in [-0.2, 0) is 0 Å². The Morgan fingerprint density at radius 2 is 0.789 bits per heavy atom. The molecule has 0 bridgehead atoms. The fourth-order valence-corrected chi connectivity index (χ4v) is 13.4. The lowest BCUT2D eigenvalue weighted by atomic mass is 10.5. The molecule has 0 N–H and O–H groups in total. The van der Waals surface area contributed by atoms with Gasteiger partial charge < -0.3 is 0 Å². The summed E-state index contributed by atoms with van der Waals surface area (Å²) in [4.78, 5) is 0. The van der Waals surface area contributed by atoms with E-state index in [0.29, 0.717) is 0 Å². The summed E-state index contributed by atoms with van der Waals surface area (Å²) in [6, 6.07) is 7.76. The lowest BCUT2D eigenvalue weighted by Crippen LogP contribution is -2.30. The average molecular weight is 342 g/mol. The number of halogens is 2. The van der Waals surface area contributed by atoms with Crippen LogP contribution in [0.5, 0.6) is 0 Å². The van der Waals surface area contributed by atoms with Gasteiger partial charge in [-0.2, -0.15) is 22.2 Å². The molecule has 4 heteroatoms. The van der Waals surface area contributed by atoms with Crippen LogP contribution in [-0.4, -0.2) is 14.8 Å². The minimum absolute atomic E-state index is 1.25. The summed E-state index contributed by atoms with van der Waals surface area (Å²) < 4.78 is 0. The van der Waals surface area contributed by atoms with Crippen LogP contribution >= 0.6 is 22.2 Å². The molecule has 0 aromatic heterocycles. The second kappa shape index (κ2) is 10.7. The van der Waals surface area contributed by atoms with Gasteiger partial charge in [-0.15, -0.1) is 0 Å². The minimum atomic E-state index is -1.46. The van der Waals surface area contributed by atoms with Crippen molar-refractivity contribution in [2.24, 2.45) is 0 Å². The molecule has 0 amide bonds. The van der Waals surface area contributed by atoms with Crippen molar-refractivity contribution >= 4 is 36.9 Å². The Balaban J connectivity index is 4.27. The second-order valence-corrected chi connectivity index (χ2v) is 18.6. The molecule has 116 valence electrons. The summed E-state index contributed by atoms with van der Waals surface area (Å²) in [5.74, 6) is 0. The Labute approximate surface area is 133 Å². The molecule has 0 atom stereocenters. The topological polar surface area (TPSA) is 0 Å². The normalized spacial score (nSPS) is 12.9. The van der Waals surface area contributed by atoms with Gasteiger partial charge in [0.05, 0.1) is 0 Å². The SMILES string of the molecule is CCC[Si](Cl)(CCC)CCC[Si](Cl)(CCC)CCC. The van der Waals surface area contributed by atoms with Crippen molar-refractivity contribution in [3.8, 4) is 0 Å². The third-order valence-electron chi connectivity index (χ3n) is 4.04. The summed E-state index contributed by atoms with van der Waals surface area (Å²) in [5, 5.41) is 0. The summed E-state index contributed by atoms with van der Waals surface area (Å²) in [6.07, 6.45) is 6.31. The Hall–Kier alpha value is 1.01. The van der Waals surface area contributed by atoms with Crippen LogP contribution in [0.3, 0.4) is 0 Å². The molecule has 0 heterocycles. The van der Waals surface area contributed by atoms with Crippen molar-refractivity contribution in [3.63, 3.8) is 0 Å². The molecule has 0 aromatic carbocycles. The van der Waals surface area contributed by atoms with Crippen molar-refractivity contribution in [1.29, 1.82) is 0 Å². The van der Waals surface area contributed by atoms with E-state index in [9.17, 15) is 0 Å². The van der Waals surface area contributed by atoms with Crippen LogP contribution < -0.4 is 0 Å². The first-order valence-corrected chi connectivity index (χ1v) is 15.6. The second-order valence-electron chi connectivity index (χ2n) is 6.16. The summed E-state index contributed by atoms with van der Waals surface area (Å²) in [6.45, 7) is 9.09. The molecule has 0 saturated heterocycles. The Kier molecular flexibility index (Phi) is 11.3. The molecule has 0 spiro atoms. The van der Waals surface area contributed by atoms with Gasteiger partial charge in [0, 0.05) is 0 Å². The fraction of sp³-hybridized carbons (Fsp3) is 1.00. The monoisotopic (exact) mass is 340 g/mol. The summed E-state index contributed by atoms with van der Waals surface area (Å²) in [7, 11) is -2.92. The molecule has 0 aliphatic carbocycles. The zero-order chi connectivity index (χ0) is 14.8. The standard InChI is InChI=1S/C15H34Cl2Si2/c1-5-10-18(16,11-6-2)14-9-15-19(17,12-7-3)13-8-4/h5-15H2,1-4H3. The highest BCUT2D eigenvalue weighted by Gasteiger charge is 2.32. The predicted octanol–water partition coefficient (Wildman–Crippen LogP) is 7.39. The van der Waals surface area contributed by atoms with Gasteiger partial charge in [-0.25, -0.2) is 0 Å². The van der Waals surface area contributed by atoms with Crippen molar-refractivity contribution in [1.82, 2.24) is 0 Å². The molecule has 0 unspecified atom stereocenters.